The van der Waals surface area contributed by atoms with Crippen LogP contribution in [-0.4, -0.2) is 16.3 Å². The fourth-order valence-electron chi connectivity index (χ4n) is 2.27. The van der Waals surface area contributed by atoms with Crippen molar-refractivity contribution in [2.75, 3.05) is 0 Å². The number of benzene rings is 1. The zero-order valence-corrected chi connectivity index (χ0v) is 10.9. The molecule has 1 aromatic rings. The minimum atomic E-state index is -0.816. The van der Waals surface area contributed by atoms with Crippen molar-refractivity contribution in [3.63, 3.8) is 0 Å². The van der Waals surface area contributed by atoms with E-state index in [9.17, 15) is 9.90 Å². The van der Waals surface area contributed by atoms with Crippen LogP contribution in [0.15, 0.2) is 23.1 Å². The molecule has 0 amide bonds. The van der Waals surface area contributed by atoms with E-state index in [4.69, 9.17) is 0 Å². The molecular formula is C14H18O2S. The summed E-state index contributed by atoms with van der Waals surface area (Å²) in [5.74, 6) is -0.816. The molecule has 0 aromatic heterocycles. The lowest BCUT2D eigenvalue weighted by Gasteiger charge is -2.21. The maximum Gasteiger partial charge on any atom is 0.336 e. The minimum absolute atomic E-state index is 0.450. The number of carboxylic acid groups (broad SMARTS) is 1. The molecule has 17 heavy (non-hydrogen) atoms. The smallest absolute Gasteiger partial charge is 0.336 e. The van der Waals surface area contributed by atoms with Gasteiger partial charge >= 0.3 is 5.97 Å². The van der Waals surface area contributed by atoms with E-state index in [1.165, 1.54) is 32.1 Å². The molecule has 92 valence electrons. The molecule has 0 aliphatic heterocycles. The van der Waals surface area contributed by atoms with Crippen molar-refractivity contribution >= 4 is 17.7 Å². The van der Waals surface area contributed by atoms with E-state index in [0.29, 0.717) is 10.8 Å². The van der Waals surface area contributed by atoms with E-state index < -0.39 is 5.97 Å². The van der Waals surface area contributed by atoms with Crippen LogP contribution < -0.4 is 0 Å². The molecule has 1 N–H and O–H groups in total. The molecule has 1 fully saturated rings. The topological polar surface area (TPSA) is 37.3 Å². The zero-order chi connectivity index (χ0) is 12.3. The number of carbonyl (C=O) groups is 1. The van der Waals surface area contributed by atoms with Crippen LogP contribution in [0.1, 0.15) is 48.0 Å². The largest absolute Gasteiger partial charge is 0.478 e. The van der Waals surface area contributed by atoms with Crippen LogP contribution >= 0.6 is 11.8 Å². The number of carboxylic acids is 1. The molecule has 1 aliphatic carbocycles. The van der Waals surface area contributed by atoms with Crippen molar-refractivity contribution in [1.82, 2.24) is 0 Å². The third kappa shape index (κ3) is 3.25. The second-order valence-corrected chi connectivity index (χ2v) is 6.02. The summed E-state index contributed by atoms with van der Waals surface area (Å²) in [4.78, 5) is 12.1. The number of aromatic carboxylic acids is 1. The highest BCUT2D eigenvalue weighted by Gasteiger charge is 2.18. The van der Waals surface area contributed by atoms with Crippen molar-refractivity contribution < 1.29 is 9.90 Å². The molecule has 1 saturated carbocycles. The van der Waals surface area contributed by atoms with Crippen LogP contribution in [0, 0.1) is 6.92 Å². The standard InChI is InChI=1S/C14H18O2S/c1-10-7-8-12(14(15)16)13(9-10)17-11-5-3-2-4-6-11/h7-9,11H,2-6H2,1H3,(H,15,16). The predicted molar refractivity (Wildman–Crippen MR) is 70.9 cm³/mol. The lowest BCUT2D eigenvalue weighted by molar-refractivity contribution is 0.0693. The van der Waals surface area contributed by atoms with Crippen LogP contribution in [0.25, 0.3) is 0 Å². The summed E-state index contributed by atoms with van der Waals surface area (Å²) in [5.41, 5.74) is 1.58. The third-order valence-electron chi connectivity index (χ3n) is 3.21. The minimum Gasteiger partial charge on any atom is -0.478 e. The van der Waals surface area contributed by atoms with Crippen LogP contribution in [0.3, 0.4) is 0 Å². The summed E-state index contributed by atoms with van der Waals surface area (Å²) >= 11 is 1.75. The molecule has 0 saturated heterocycles. The number of hydrogen-bond donors (Lipinski definition) is 1. The van der Waals surface area contributed by atoms with Gasteiger partial charge in [-0.25, -0.2) is 4.79 Å². The lowest BCUT2D eigenvalue weighted by atomic mass is 10.0. The Kier molecular flexibility index (Phi) is 4.11. The SMILES string of the molecule is Cc1ccc(C(=O)O)c(SC2CCCCC2)c1. The van der Waals surface area contributed by atoms with Crippen LogP contribution in [0.5, 0.6) is 0 Å². The molecule has 0 unspecified atom stereocenters. The Labute approximate surface area is 106 Å². The van der Waals surface area contributed by atoms with E-state index in [2.05, 4.69) is 0 Å². The first-order valence-electron chi connectivity index (χ1n) is 6.17. The maximum absolute atomic E-state index is 11.2. The van der Waals surface area contributed by atoms with Crippen LogP contribution in [-0.2, 0) is 0 Å². The van der Waals surface area contributed by atoms with Gasteiger partial charge in [-0.05, 0) is 37.5 Å². The Morgan fingerprint density at radius 1 is 1.29 bits per heavy atom. The molecule has 1 aromatic carbocycles. The molecule has 0 atom stereocenters. The highest BCUT2D eigenvalue weighted by Crippen LogP contribution is 2.35. The van der Waals surface area contributed by atoms with Crippen molar-refractivity contribution in [2.24, 2.45) is 0 Å². The van der Waals surface area contributed by atoms with Crippen molar-refractivity contribution in [3.8, 4) is 0 Å². The van der Waals surface area contributed by atoms with Gasteiger partial charge in [0.05, 0.1) is 5.56 Å². The molecule has 2 nitrogen and oxygen atoms in total. The fourth-order valence-corrected chi connectivity index (χ4v) is 3.73. The van der Waals surface area contributed by atoms with E-state index in [1.807, 2.05) is 19.1 Å². The highest BCUT2D eigenvalue weighted by atomic mass is 32.2. The number of hydrogen-bond acceptors (Lipinski definition) is 2. The van der Waals surface area contributed by atoms with Crippen molar-refractivity contribution in [1.29, 1.82) is 0 Å². The van der Waals surface area contributed by atoms with Gasteiger partial charge in [0.1, 0.15) is 0 Å². The molecule has 2 rings (SSSR count). The van der Waals surface area contributed by atoms with Gasteiger partial charge < -0.3 is 5.11 Å². The van der Waals surface area contributed by atoms with Gasteiger partial charge in [0, 0.05) is 10.1 Å². The number of rotatable bonds is 3. The number of aryl methyl sites for hydroxylation is 1. The second kappa shape index (κ2) is 5.58. The average Bonchev–Trinajstić information content (AvgIpc) is 2.30. The lowest BCUT2D eigenvalue weighted by Crippen LogP contribution is -2.09. The van der Waals surface area contributed by atoms with Gasteiger partial charge in [0.25, 0.3) is 0 Å². The van der Waals surface area contributed by atoms with E-state index >= 15 is 0 Å². The van der Waals surface area contributed by atoms with Gasteiger partial charge in [-0.1, -0.05) is 25.3 Å². The summed E-state index contributed by atoms with van der Waals surface area (Å²) in [6.45, 7) is 2.01. The van der Waals surface area contributed by atoms with E-state index in [0.717, 1.165) is 10.5 Å². The third-order valence-corrected chi connectivity index (χ3v) is 4.61. The summed E-state index contributed by atoms with van der Waals surface area (Å²) < 4.78 is 0. The molecule has 1 aliphatic rings. The van der Waals surface area contributed by atoms with Gasteiger partial charge in [0.2, 0.25) is 0 Å². The fraction of sp³-hybridized carbons (Fsp3) is 0.500. The molecule has 0 heterocycles. The molecule has 0 spiro atoms. The monoisotopic (exact) mass is 250 g/mol. The quantitative estimate of drug-likeness (QED) is 0.876. The Morgan fingerprint density at radius 2 is 2.00 bits per heavy atom. The Bertz CT molecular complexity index is 409. The Balaban J connectivity index is 2.17. The van der Waals surface area contributed by atoms with Crippen molar-refractivity contribution in [3.05, 3.63) is 29.3 Å². The summed E-state index contributed by atoms with van der Waals surface area (Å²) in [5, 5.41) is 9.77. The highest BCUT2D eigenvalue weighted by molar-refractivity contribution is 8.00. The molecular weight excluding hydrogens is 232 g/mol. The summed E-state index contributed by atoms with van der Waals surface area (Å²) in [6, 6.07) is 5.60. The van der Waals surface area contributed by atoms with Gasteiger partial charge in [-0.3, -0.25) is 0 Å². The van der Waals surface area contributed by atoms with E-state index in [-0.39, 0.29) is 0 Å². The molecule has 3 heteroatoms. The first kappa shape index (κ1) is 12.5. The summed E-state index contributed by atoms with van der Waals surface area (Å²) in [7, 11) is 0. The summed E-state index contributed by atoms with van der Waals surface area (Å²) in [6.07, 6.45) is 6.34. The zero-order valence-electron chi connectivity index (χ0n) is 10.1. The first-order valence-corrected chi connectivity index (χ1v) is 7.05. The van der Waals surface area contributed by atoms with Gasteiger partial charge in [-0.15, -0.1) is 11.8 Å². The van der Waals surface area contributed by atoms with Crippen LogP contribution in [0.2, 0.25) is 0 Å². The Morgan fingerprint density at radius 3 is 2.65 bits per heavy atom. The predicted octanol–water partition coefficient (Wildman–Crippen LogP) is 4.12. The normalized spacial score (nSPS) is 17.0. The maximum atomic E-state index is 11.2. The molecule has 0 bridgehead atoms. The van der Waals surface area contributed by atoms with Gasteiger partial charge in [-0.2, -0.15) is 0 Å². The Hall–Kier alpha value is -0.960. The van der Waals surface area contributed by atoms with Crippen LogP contribution in [0.4, 0.5) is 0 Å². The van der Waals surface area contributed by atoms with Crippen molar-refractivity contribution in [2.45, 2.75) is 49.2 Å². The van der Waals surface area contributed by atoms with Gasteiger partial charge in [0.15, 0.2) is 0 Å². The molecule has 0 radical (unpaired) electrons. The average molecular weight is 250 g/mol. The second-order valence-electron chi connectivity index (χ2n) is 4.68. The van der Waals surface area contributed by atoms with E-state index in [1.54, 1.807) is 17.8 Å². The number of thioether (sulfide) groups is 1. The first-order chi connectivity index (χ1) is 8.16.